The molecule has 0 bridgehead atoms. The molecule has 0 radical (unpaired) electrons. The standard InChI is InChI=1S/C18H22FNO5S/c1-3-20(15-10-11-26(23,24)12-15)18(22)13(2)25-17(21)9-8-14-6-4-5-7-16(14)19/h4-9,13,15H,3,10-12H2,1-2H3/b9-8+. The van der Waals surface area contributed by atoms with Crippen LogP contribution in [0.15, 0.2) is 30.3 Å². The number of sulfone groups is 1. The van der Waals surface area contributed by atoms with Crippen molar-refractivity contribution in [2.45, 2.75) is 32.4 Å². The van der Waals surface area contributed by atoms with E-state index in [0.29, 0.717) is 13.0 Å². The molecule has 1 aromatic rings. The molecule has 1 aliphatic heterocycles. The minimum absolute atomic E-state index is 0.0565. The lowest BCUT2D eigenvalue weighted by Gasteiger charge is -2.29. The topological polar surface area (TPSA) is 80.8 Å². The Labute approximate surface area is 152 Å². The van der Waals surface area contributed by atoms with Crippen LogP contribution in [-0.2, 0) is 24.2 Å². The van der Waals surface area contributed by atoms with E-state index in [-0.39, 0.29) is 17.1 Å². The van der Waals surface area contributed by atoms with Crippen LogP contribution in [0.1, 0.15) is 25.8 Å². The van der Waals surface area contributed by atoms with Gasteiger partial charge in [-0.25, -0.2) is 17.6 Å². The van der Waals surface area contributed by atoms with Gasteiger partial charge in [-0.15, -0.1) is 0 Å². The van der Waals surface area contributed by atoms with Crippen LogP contribution in [0.4, 0.5) is 4.39 Å². The molecule has 1 amide bonds. The number of carbonyl (C=O) groups is 2. The molecule has 0 saturated carbocycles. The molecule has 1 saturated heterocycles. The Morgan fingerprint density at radius 3 is 2.65 bits per heavy atom. The summed E-state index contributed by atoms with van der Waals surface area (Å²) in [6.45, 7) is 3.50. The molecular weight excluding hydrogens is 361 g/mol. The molecule has 1 aromatic carbocycles. The van der Waals surface area contributed by atoms with Crippen LogP contribution in [0, 0.1) is 5.82 Å². The van der Waals surface area contributed by atoms with Gasteiger partial charge >= 0.3 is 5.97 Å². The molecule has 2 unspecified atom stereocenters. The lowest BCUT2D eigenvalue weighted by molar-refractivity contribution is -0.156. The molecule has 26 heavy (non-hydrogen) atoms. The third kappa shape index (κ3) is 5.14. The van der Waals surface area contributed by atoms with Gasteiger partial charge in [-0.05, 0) is 32.4 Å². The van der Waals surface area contributed by atoms with Crippen LogP contribution in [0.5, 0.6) is 0 Å². The summed E-state index contributed by atoms with van der Waals surface area (Å²) in [5.74, 6) is -1.70. The van der Waals surface area contributed by atoms with Gasteiger partial charge in [0.2, 0.25) is 0 Å². The fourth-order valence-electron chi connectivity index (χ4n) is 2.88. The number of rotatable bonds is 6. The molecular formula is C18H22FNO5S. The predicted molar refractivity (Wildman–Crippen MR) is 95.4 cm³/mol. The van der Waals surface area contributed by atoms with Crippen molar-refractivity contribution in [2.24, 2.45) is 0 Å². The second-order valence-corrected chi connectivity index (χ2v) is 8.34. The van der Waals surface area contributed by atoms with Gasteiger partial charge in [-0.1, -0.05) is 18.2 Å². The van der Waals surface area contributed by atoms with Crippen molar-refractivity contribution in [1.29, 1.82) is 0 Å². The molecule has 0 aromatic heterocycles. The third-order valence-corrected chi connectivity index (χ3v) is 5.97. The number of nitrogens with zero attached hydrogens (tertiary/aromatic N) is 1. The second kappa shape index (κ2) is 8.44. The van der Waals surface area contributed by atoms with Crippen LogP contribution in [0.3, 0.4) is 0 Å². The Morgan fingerprint density at radius 2 is 2.08 bits per heavy atom. The van der Waals surface area contributed by atoms with Crippen LogP contribution in [-0.4, -0.2) is 55.4 Å². The molecule has 1 fully saturated rings. The number of carbonyl (C=O) groups excluding carboxylic acids is 2. The molecule has 142 valence electrons. The quantitative estimate of drug-likeness (QED) is 0.553. The lowest BCUT2D eigenvalue weighted by atomic mass is 10.2. The summed E-state index contributed by atoms with van der Waals surface area (Å²) in [7, 11) is -3.12. The van der Waals surface area contributed by atoms with Crippen molar-refractivity contribution in [3.8, 4) is 0 Å². The number of likely N-dealkylation sites (N-methyl/N-ethyl adjacent to an activating group) is 1. The van der Waals surface area contributed by atoms with E-state index in [9.17, 15) is 22.4 Å². The number of hydrogen-bond donors (Lipinski definition) is 0. The summed E-state index contributed by atoms with van der Waals surface area (Å²) in [6.07, 6.45) is 1.65. The van der Waals surface area contributed by atoms with E-state index < -0.39 is 39.7 Å². The van der Waals surface area contributed by atoms with Gasteiger partial charge in [0, 0.05) is 24.2 Å². The summed E-state index contributed by atoms with van der Waals surface area (Å²) in [6, 6.07) is 5.55. The summed E-state index contributed by atoms with van der Waals surface area (Å²) in [5.41, 5.74) is 0.231. The van der Waals surface area contributed by atoms with Gasteiger partial charge < -0.3 is 9.64 Å². The molecule has 2 atom stereocenters. The van der Waals surface area contributed by atoms with Crippen molar-refractivity contribution in [3.05, 3.63) is 41.7 Å². The van der Waals surface area contributed by atoms with Crippen molar-refractivity contribution >= 4 is 27.8 Å². The minimum Gasteiger partial charge on any atom is -0.449 e. The highest BCUT2D eigenvalue weighted by Crippen LogP contribution is 2.19. The normalized spacial score (nSPS) is 20.0. The van der Waals surface area contributed by atoms with E-state index in [1.807, 2.05) is 0 Å². The number of amides is 1. The maximum absolute atomic E-state index is 13.5. The highest BCUT2D eigenvalue weighted by atomic mass is 32.2. The highest BCUT2D eigenvalue weighted by molar-refractivity contribution is 7.91. The molecule has 1 heterocycles. The van der Waals surface area contributed by atoms with Crippen molar-refractivity contribution in [3.63, 3.8) is 0 Å². The van der Waals surface area contributed by atoms with Crippen molar-refractivity contribution in [1.82, 2.24) is 4.90 Å². The zero-order valence-electron chi connectivity index (χ0n) is 14.7. The van der Waals surface area contributed by atoms with E-state index in [1.165, 1.54) is 36.1 Å². The average molecular weight is 383 g/mol. The fourth-order valence-corrected chi connectivity index (χ4v) is 4.61. The maximum Gasteiger partial charge on any atom is 0.331 e. The Bertz CT molecular complexity index is 806. The molecule has 0 N–H and O–H groups in total. The first-order valence-corrected chi connectivity index (χ1v) is 10.2. The Morgan fingerprint density at radius 1 is 1.38 bits per heavy atom. The highest BCUT2D eigenvalue weighted by Gasteiger charge is 2.36. The predicted octanol–water partition coefficient (Wildman–Crippen LogP) is 1.81. The van der Waals surface area contributed by atoms with Gasteiger partial charge in [0.15, 0.2) is 15.9 Å². The Balaban J connectivity index is 1.97. The first-order chi connectivity index (χ1) is 12.2. The van der Waals surface area contributed by atoms with E-state index in [1.54, 1.807) is 13.0 Å². The van der Waals surface area contributed by atoms with Crippen LogP contribution >= 0.6 is 0 Å². The van der Waals surface area contributed by atoms with Crippen LogP contribution in [0.25, 0.3) is 6.08 Å². The smallest absolute Gasteiger partial charge is 0.331 e. The van der Waals surface area contributed by atoms with Gasteiger partial charge in [-0.3, -0.25) is 4.79 Å². The van der Waals surface area contributed by atoms with Crippen molar-refractivity contribution < 1.29 is 27.1 Å². The SMILES string of the molecule is CCN(C(=O)C(C)OC(=O)/C=C/c1ccccc1F)C1CCS(=O)(=O)C1. The molecule has 0 spiro atoms. The van der Waals surface area contributed by atoms with Gasteiger partial charge in [0.05, 0.1) is 11.5 Å². The number of halogens is 1. The van der Waals surface area contributed by atoms with Gasteiger partial charge in [0.1, 0.15) is 5.82 Å². The Kier molecular flexibility index (Phi) is 6.52. The van der Waals surface area contributed by atoms with E-state index >= 15 is 0 Å². The largest absolute Gasteiger partial charge is 0.449 e. The summed E-state index contributed by atoms with van der Waals surface area (Å²) in [5, 5.41) is 0. The fraction of sp³-hybridized carbons (Fsp3) is 0.444. The maximum atomic E-state index is 13.5. The average Bonchev–Trinajstić information content (AvgIpc) is 2.94. The van der Waals surface area contributed by atoms with Crippen LogP contribution in [0.2, 0.25) is 0 Å². The molecule has 2 rings (SSSR count). The second-order valence-electron chi connectivity index (χ2n) is 6.12. The molecule has 0 aliphatic carbocycles. The molecule has 8 heteroatoms. The van der Waals surface area contributed by atoms with Gasteiger partial charge in [0.25, 0.3) is 5.91 Å². The molecule has 6 nitrogen and oxygen atoms in total. The third-order valence-electron chi connectivity index (χ3n) is 4.22. The summed E-state index contributed by atoms with van der Waals surface area (Å²) >= 11 is 0. The van der Waals surface area contributed by atoms with Crippen molar-refractivity contribution in [2.75, 3.05) is 18.1 Å². The Hall–Kier alpha value is -2.22. The monoisotopic (exact) mass is 383 g/mol. The zero-order chi connectivity index (χ0) is 19.3. The first-order valence-electron chi connectivity index (χ1n) is 8.37. The van der Waals surface area contributed by atoms with E-state index in [4.69, 9.17) is 4.74 Å². The molecule has 1 aliphatic rings. The zero-order valence-corrected chi connectivity index (χ0v) is 15.5. The summed E-state index contributed by atoms with van der Waals surface area (Å²) in [4.78, 5) is 25.8. The van der Waals surface area contributed by atoms with E-state index in [2.05, 4.69) is 0 Å². The first kappa shape index (κ1) is 20.1. The lowest BCUT2D eigenvalue weighted by Crippen LogP contribution is -2.46. The van der Waals surface area contributed by atoms with Gasteiger partial charge in [-0.2, -0.15) is 0 Å². The summed E-state index contributed by atoms with van der Waals surface area (Å²) < 4.78 is 41.8. The number of benzene rings is 1. The number of ether oxygens (including phenoxy) is 1. The number of hydrogen-bond acceptors (Lipinski definition) is 5. The van der Waals surface area contributed by atoms with E-state index in [0.717, 1.165) is 6.08 Å². The minimum atomic E-state index is -3.12. The number of esters is 1. The van der Waals surface area contributed by atoms with Crippen LogP contribution < -0.4 is 0 Å².